The summed E-state index contributed by atoms with van der Waals surface area (Å²) < 4.78 is 41.7. The fraction of sp³-hybridized carbons (Fsp3) is 0.250. The highest BCUT2D eigenvalue weighted by molar-refractivity contribution is 5.68. The van der Waals surface area contributed by atoms with E-state index in [4.69, 9.17) is 0 Å². The molecule has 1 aliphatic rings. The Labute approximate surface area is 173 Å². The second-order valence-corrected chi connectivity index (χ2v) is 7.46. The highest BCUT2D eigenvalue weighted by Crippen LogP contribution is 2.29. The number of aromatic nitrogens is 2. The lowest BCUT2D eigenvalue weighted by Gasteiger charge is -2.27. The summed E-state index contributed by atoms with van der Waals surface area (Å²) in [6.07, 6.45) is 6.82. The molecule has 0 saturated heterocycles. The van der Waals surface area contributed by atoms with Gasteiger partial charge in [0, 0.05) is 48.7 Å². The first kappa shape index (κ1) is 20.3. The molecule has 0 unspecified atom stereocenters. The molecule has 1 aromatic heterocycles. The van der Waals surface area contributed by atoms with Crippen LogP contribution in [0.15, 0.2) is 54.9 Å². The van der Waals surface area contributed by atoms with Crippen LogP contribution in [0.1, 0.15) is 23.1 Å². The largest absolute Gasteiger partial charge is 0.299 e. The van der Waals surface area contributed by atoms with Gasteiger partial charge in [-0.1, -0.05) is 24.3 Å². The SMILES string of the molecule is Cc1c(F)c(F)cc(C2=CCN(CCc3cccc(-c4ncccn4)c3)CC2)c1F. The van der Waals surface area contributed by atoms with Crippen LogP contribution in [-0.4, -0.2) is 34.5 Å². The molecule has 0 aliphatic carbocycles. The molecule has 3 nitrogen and oxygen atoms in total. The number of benzene rings is 2. The number of hydrogen-bond donors (Lipinski definition) is 0. The first-order valence-electron chi connectivity index (χ1n) is 9.95. The molecule has 4 rings (SSSR count). The maximum atomic E-state index is 14.4. The molecule has 3 aromatic rings. The van der Waals surface area contributed by atoms with Gasteiger partial charge in [0.2, 0.25) is 0 Å². The molecule has 0 spiro atoms. The normalized spacial score (nSPS) is 14.6. The highest BCUT2D eigenvalue weighted by Gasteiger charge is 2.20. The predicted molar refractivity (Wildman–Crippen MR) is 111 cm³/mol. The van der Waals surface area contributed by atoms with E-state index in [0.29, 0.717) is 18.8 Å². The van der Waals surface area contributed by atoms with Crippen LogP contribution in [0.25, 0.3) is 17.0 Å². The molecule has 154 valence electrons. The van der Waals surface area contributed by atoms with Crippen molar-refractivity contribution < 1.29 is 13.2 Å². The Bertz CT molecular complexity index is 1080. The molecule has 0 fully saturated rings. The summed E-state index contributed by atoms with van der Waals surface area (Å²) in [6.45, 7) is 3.50. The number of halogens is 3. The Balaban J connectivity index is 1.41. The maximum Gasteiger partial charge on any atom is 0.164 e. The van der Waals surface area contributed by atoms with Crippen LogP contribution >= 0.6 is 0 Å². The molecular formula is C24H22F3N3. The summed E-state index contributed by atoms with van der Waals surface area (Å²) in [5.41, 5.74) is 2.81. The van der Waals surface area contributed by atoms with E-state index in [1.165, 1.54) is 12.5 Å². The van der Waals surface area contributed by atoms with Crippen LogP contribution < -0.4 is 0 Å². The second-order valence-electron chi connectivity index (χ2n) is 7.46. The van der Waals surface area contributed by atoms with E-state index in [9.17, 15) is 13.2 Å². The fourth-order valence-electron chi connectivity index (χ4n) is 3.72. The summed E-state index contributed by atoms with van der Waals surface area (Å²) in [5, 5.41) is 0. The summed E-state index contributed by atoms with van der Waals surface area (Å²) in [7, 11) is 0. The topological polar surface area (TPSA) is 29.0 Å². The molecule has 0 bridgehead atoms. The van der Waals surface area contributed by atoms with Crippen LogP contribution in [0.5, 0.6) is 0 Å². The van der Waals surface area contributed by atoms with E-state index < -0.39 is 17.5 Å². The van der Waals surface area contributed by atoms with Crippen molar-refractivity contribution in [2.45, 2.75) is 19.8 Å². The van der Waals surface area contributed by atoms with E-state index >= 15 is 0 Å². The summed E-state index contributed by atoms with van der Waals surface area (Å²) in [4.78, 5) is 10.8. The Kier molecular flexibility index (Phi) is 5.95. The zero-order chi connectivity index (χ0) is 21.1. The van der Waals surface area contributed by atoms with Gasteiger partial charge < -0.3 is 0 Å². The zero-order valence-corrected chi connectivity index (χ0v) is 16.7. The van der Waals surface area contributed by atoms with Gasteiger partial charge in [-0.15, -0.1) is 0 Å². The van der Waals surface area contributed by atoms with Gasteiger partial charge in [-0.2, -0.15) is 0 Å². The van der Waals surface area contributed by atoms with Crippen molar-refractivity contribution >= 4 is 5.57 Å². The minimum atomic E-state index is -1.11. The lowest BCUT2D eigenvalue weighted by atomic mass is 9.96. The first-order valence-corrected chi connectivity index (χ1v) is 9.95. The second kappa shape index (κ2) is 8.79. The molecule has 0 saturated carbocycles. The Morgan fingerprint density at radius 3 is 2.53 bits per heavy atom. The van der Waals surface area contributed by atoms with Crippen LogP contribution in [0.2, 0.25) is 0 Å². The highest BCUT2D eigenvalue weighted by atomic mass is 19.2. The van der Waals surface area contributed by atoms with Crippen LogP contribution in [-0.2, 0) is 6.42 Å². The third-order valence-electron chi connectivity index (χ3n) is 5.48. The van der Waals surface area contributed by atoms with Crippen molar-refractivity contribution in [3.63, 3.8) is 0 Å². The minimum Gasteiger partial charge on any atom is -0.299 e. The average molecular weight is 409 g/mol. The van der Waals surface area contributed by atoms with E-state index in [0.717, 1.165) is 36.7 Å². The van der Waals surface area contributed by atoms with Crippen LogP contribution in [0.3, 0.4) is 0 Å². The summed E-state index contributed by atoms with van der Waals surface area (Å²) in [6, 6.07) is 10.9. The third-order valence-corrected chi connectivity index (χ3v) is 5.48. The van der Waals surface area contributed by atoms with E-state index in [1.54, 1.807) is 18.5 Å². The molecular weight excluding hydrogens is 387 g/mol. The molecule has 0 N–H and O–H groups in total. The van der Waals surface area contributed by atoms with Gasteiger partial charge in [-0.25, -0.2) is 23.1 Å². The summed E-state index contributed by atoms with van der Waals surface area (Å²) in [5.74, 6) is -2.09. The van der Waals surface area contributed by atoms with Crippen LogP contribution in [0.4, 0.5) is 13.2 Å². The minimum absolute atomic E-state index is 0.168. The lowest BCUT2D eigenvalue weighted by Crippen LogP contribution is -2.30. The molecule has 30 heavy (non-hydrogen) atoms. The quantitative estimate of drug-likeness (QED) is 0.543. The third kappa shape index (κ3) is 4.28. The number of hydrogen-bond acceptors (Lipinski definition) is 3. The van der Waals surface area contributed by atoms with Gasteiger partial charge in [0.25, 0.3) is 0 Å². The van der Waals surface area contributed by atoms with Gasteiger partial charge >= 0.3 is 0 Å². The van der Waals surface area contributed by atoms with E-state index in [-0.39, 0.29) is 11.1 Å². The fourth-order valence-corrected chi connectivity index (χ4v) is 3.72. The van der Waals surface area contributed by atoms with Gasteiger partial charge in [-0.3, -0.25) is 4.90 Å². The van der Waals surface area contributed by atoms with Crippen molar-refractivity contribution in [1.29, 1.82) is 0 Å². The van der Waals surface area contributed by atoms with Crippen molar-refractivity contribution in [2.75, 3.05) is 19.6 Å². The maximum absolute atomic E-state index is 14.4. The standard InChI is InChI=1S/C24H22F3N3/c1-16-22(26)20(15-21(25)23(16)27)18-7-12-30(13-8-18)11-6-17-4-2-5-19(14-17)24-28-9-3-10-29-24/h2-5,7,9-10,14-15H,6,8,11-13H2,1H3. The number of nitrogens with zero attached hydrogens (tertiary/aromatic N) is 3. The number of rotatable bonds is 5. The molecule has 0 atom stereocenters. The summed E-state index contributed by atoms with van der Waals surface area (Å²) >= 11 is 0. The molecule has 2 heterocycles. The van der Waals surface area contributed by atoms with Crippen molar-refractivity contribution in [2.24, 2.45) is 0 Å². The molecule has 2 aromatic carbocycles. The molecule has 0 amide bonds. The average Bonchev–Trinajstić information content (AvgIpc) is 2.80. The molecule has 6 heteroatoms. The smallest absolute Gasteiger partial charge is 0.164 e. The Morgan fingerprint density at radius 1 is 1.00 bits per heavy atom. The van der Waals surface area contributed by atoms with Gasteiger partial charge in [-0.05, 0) is 49.1 Å². The lowest BCUT2D eigenvalue weighted by molar-refractivity contribution is 0.305. The van der Waals surface area contributed by atoms with Crippen LogP contribution in [0, 0.1) is 24.4 Å². The molecule has 1 aliphatic heterocycles. The van der Waals surface area contributed by atoms with Gasteiger partial charge in [0.1, 0.15) is 5.82 Å². The van der Waals surface area contributed by atoms with Crippen molar-refractivity contribution in [3.05, 3.63) is 89.0 Å². The van der Waals surface area contributed by atoms with Crippen molar-refractivity contribution in [3.8, 4) is 11.4 Å². The van der Waals surface area contributed by atoms with E-state index in [1.807, 2.05) is 18.2 Å². The van der Waals surface area contributed by atoms with Crippen molar-refractivity contribution in [1.82, 2.24) is 14.9 Å². The Morgan fingerprint density at radius 2 is 1.80 bits per heavy atom. The predicted octanol–water partition coefficient (Wildman–Crippen LogP) is 5.20. The Hall–Kier alpha value is -2.99. The first-order chi connectivity index (χ1) is 14.5. The monoisotopic (exact) mass is 409 g/mol. The zero-order valence-electron chi connectivity index (χ0n) is 16.7. The van der Waals surface area contributed by atoms with Gasteiger partial charge in [0.15, 0.2) is 17.5 Å². The molecule has 0 radical (unpaired) electrons. The van der Waals surface area contributed by atoms with E-state index in [2.05, 4.69) is 27.0 Å². The van der Waals surface area contributed by atoms with Gasteiger partial charge in [0.05, 0.1) is 0 Å².